The molecule has 0 aliphatic heterocycles. The third kappa shape index (κ3) is 3.71. The van der Waals surface area contributed by atoms with E-state index >= 15 is 0 Å². The van der Waals surface area contributed by atoms with Gasteiger partial charge in [-0.25, -0.2) is 9.18 Å². The molecule has 0 saturated carbocycles. The Morgan fingerprint density at radius 2 is 1.85 bits per heavy atom. The van der Waals surface area contributed by atoms with E-state index in [9.17, 15) is 9.18 Å². The van der Waals surface area contributed by atoms with E-state index in [1.54, 1.807) is 12.1 Å². The molecule has 0 heterocycles. The van der Waals surface area contributed by atoms with Crippen molar-refractivity contribution in [3.05, 3.63) is 57.3 Å². The Morgan fingerprint density at radius 3 is 2.45 bits per heavy atom. The van der Waals surface area contributed by atoms with Crippen LogP contribution in [0.3, 0.4) is 0 Å². The normalized spacial score (nSPS) is 10.2. The average molecular weight is 358 g/mol. The predicted molar refractivity (Wildman–Crippen MR) is 82.9 cm³/mol. The molecule has 6 heteroatoms. The number of carbonyl (C=O) groups is 1. The van der Waals surface area contributed by atoms with Crippen LogP contribution in [0.4, 0.5) is 20.6 Å². The monoisotopic (exact) mass is 356 g/mol. The zero-order valence-electron chi connectivity index (χ0n) is 10.5. The lowest BCUT2D eigenvalue weighted by Gasteiger charge is -2.11. The zero-order valence-corrected chi connectivity index (χ0v) is 12.8. The number of anilines is 2. The molecule has 0 fully saturated rings. The number of halogens is 3. The second-order valence-electron chi connectivity index (χ2n) is 4.19. The molecule has 0 spiro atoms. The van der Waals surface area contributed by atoms with Gasteiger partial charge in [0.2, 0.25) is 0 Å². The van der Waals surface area contributed by atoms with Gasteiger partial charge in [0, 0.05) is 10.2 Å². The van der Waals surface area contributed by atoms with Crippen molar-refractivity contribution in [2.24, 2.45) is 0 Å². The largest absolute Gasteiger partial charge is 0.323 e. The molecule has 0 aliphatic carbocycles. The molecular weight excluding hydrogens is 347 g/mol. The molecule has 0 unspecified atom stereocenters. The Bertz CT molecular complexity index is 623. The highest BCUT2D eigenvalue weighted by Gasteiger charge is 2.11. The molecule has 2 N–H and O–H groups in total. The first-order valence-corrected chi connectivity index (χ1v) is 6.92. The van der Waals surface area contributed by atoms with Gasteiger partial charge in [-0.15, -0.1) is 0 Å². The van der Waals surface area contributed by atoms with Crippen LogP contribution in [-0.2, 0) is 0 Å². The Hall–Kier alpha value is -1.59. The van der Waals surface area contributed by atoms with Gasteiger partial charge in [0.25, 0.3) is 0 Å². The number of amides is 2. The molecule has 20 heavy (non-hydrogen) atoms. The van der Waals surface area contributed by atoms with Crippen molar-refractivity contribution in [2.45, 2.75) is 6.92 Å². The van der Waals surface area contributed by atoms with Gasteiger partial charge in [-0.05, 0) is 47.1 Å². The molecular formula is C14H11BrClFN2O. The van der Waals surface area contributed by atoms with Crippen LogP contribution in [0.15, 0.2) is 40.9 Å². The van der Waals surface area contributed by atoms with E-state index in [2.05, 4.69) is 26.6 Å². The first kappa shape index (κ1) is 14.8. The highest BCUT2D eigenvalue weighted by molar-refractivity contribution is 9.10. The van der Waals surface area contributed by atoms with E-state index in [-0.39, 0.29) is 5.02 Å². The van der Waals surface area contributed by atoms with Gasteiger partial charge in [-0.2, -0.15) is 0 Å². The summed E-state index contributed by atoms with van der Waals surface area (Å²) in [5.41, 5.74) is 2.07. The number of hydrogen-bond donors (Lipinski definition) is 2. The van der Waals surface area contributed by atoms with Crippen LogP contribution in [0.2, 0.25) is 5.02 Å². The van der Waals surface area contributed by atoms with E-state index in [0.29, 0.717) is 15.8 Å². The maximum absolute atomic E-state index is 13.1. The van der Waals surface area contributed by atoms with Gasteiger partial charge in [-0.1, -0.05) is 29.3 Å². The van der Waals surface area contributed by atoms with Crippen LogP contribution in [-0.4, -0.2) is 6.03 Å². The first-order chi connectivity index (χ1) is 9.45. The fourth-order valence-electron chi connectivity index (χ4n) is 1.57. The van der Waals surface area contributed by atoms with Crippen molar-refractivity contribution in [3.63, 3.8) is 0 Å². The summed E-state index contributed by atoms with van der Waals surface area (Å²) >= 11 is 9.04. The molecule has 0 bridgehead atoms. The predicted octanol–water partition coefficient (Wildman–Crippen LogP) is 5.19. The van der Waals surface area contributed by atoms with Gasteiger partial charge >= 0.3 is 6.03 Å². The average Bonchev–Trinajstić information content (AvgIpc) is 2.36. The van der Waals surface area contributed by atoms with Gasteiger partial charge < -0.3 is 10.6 Å². The minimum atomic E-state index is -0.480. The van der Waals surface area contributed by atoms with E-state index in [1.165, 1.54) is 6.07 Å². The fraction of sp³-hybridized carbons (Fsp3) is 0.0714. The van der Waals surface area contributed by atoms with E-state index in [4.69, 9.17) is 11.6 Å². The van der Waals surface area contributed by atoms with E-state index in [1.807, 2.05) is 19.1 Å². The van der Waals surface area contributed by atoms with Crippen LogP contribution in [0.25, 0.3) is 0 Å². The van der Waals surface area contributed by atoms with Crippen molar-refractivity contribution in [3.8, 4) is 0 Å². The van der Waals surface area contributed by atoms with Crippen LogP contribution >= 0.6 is 27.5 Å². The Labute approximate surface area is 129 Å². The number of nitrogens with one attached hydrogen (secondary N) is 2. The SMILES string of the molecule is Cc1ccc(NC(=O)Nc2c(Cl)cc(F)cc2Br)cc1. The minimum Gasteiger partial charge on any atom is -0.308 e. The molecule has 2 aromatic carbocycles. The maximum atomic E-state index is 13.1. The van der Waals surface area contributed by atoms with Crippen LogP contribution in [0.1, 0.15) is 5.56 Å². The lowest BCUT2D eigenvalue weighted by Crippen LogP contribution is -2.20. The third-order valence-electron chi connectivity index (χ3n) is 2.55. The van der Waals surface area contributed by atoms with Crippen LogP contribution in [0, 0.1) is 12.7 Å². The second kappa shape index (κ2) is 6.24. The molecule has 0 aromatic heterocycles. The van der Waals surface area contributed by atoms with Gasteiger partial charge in [0.15, 0.2) is 0 Å². The summed E-state index contributed by atoms with van der Waals surface area (Å²) < 4.78 is 13.5. The van der Waals surface area contributed by atoms with E-state index in [0.717, 1.165) is 11.6 Å². The number of hydrogen-bond acceptors (Lipinski definition) is 1. The maximum Gasteiger partial charge on any atom is 0.323 e. The highest BCUT2D eigenvalue weighted by atomic mass is 79.9. The number of urea groups is 1. The summed E-state index contributed by atoms with van der Waals surface area (Å²) in [5.74, 6) is -0.480. The summed E-state index contributed by atoms with van der Waals surface area (Å²) in [6.07, 6.45) is 0. The van der Waals surface area contributed by atoms with Crippen molar-refractivity contribution < 1.29 is 9.18 Å². The third-order valence-corrected chi connectivity index (χ3v) is 3.48. The van der Waals surface area contributed by atoms with Crippen molar-refractivity contribution in [1.82, 2.24) is 0 Å². The summed E-state index contributed by atoms with van der Waals surface area (Å²) in [4.78, 5) is 11.9. The summed E-state index contributed by atoms with van der Waals surface area (Å²) in [7, 11) is 0. The van der Waals surface area contributed by atoms with Gasteiger partial charge in [-0.3, -0.25) is 0 Å². The molecule has 104 valence electrons. The Morgan fingerprint density at radius 1 is 1.20 bits per heavy atom. The fourth-order valence-corrected chi connectivity index (χ4v) is 2.47. The van der Waals surface area contributed by atoms with Crippen molar-refractivity contribution >= 4 is 44.9 Å². The Balaban J connectivity index is 2.10. The lowest BCUT2D eigenvalue weighted by molar-refractivity contribution is 0.262. The van der Waals surface area contributed by atoms with Crippen LogP contribution < -0.4 is 10.6 Å². The van der Waals surface area contributed by atoms with Gasteiger partial charge in [0.1, 0.15) is 5.82 Å². The molecule has 3 nitrogen and oxygen atoms in total. The molecule has 0 saturated heterocycles. The highest BCUT2D eigenvalue weighted by Crippen LogP contribution is 2.31. The molecule has 2 aromatic rings. The Kier molecular flexibility index (Phi) is 4.62. The summed E-state index contributed by atoms with van der Waals surface area (Å²) in [6.45, 7) is 1.96. The smallest absolute Gasteiger partial charge is 0.308 e. The molecule has 0 atom stereocenters. The minimum absolute atomic E-state index is 0.121. The van der Waals surface area contributed by atoms with Crippen molar-refractivity contribution in [1.29, 1.82) is 0 Å². The first-order valence-electron chi connectivity index (χ1n) is 5.75. The number of benzene rings is 2. The molecule has 2 rings (SSSR count). The second-order valence-corrected chi connectivity index (χ2v) is 5.45. The number of aryl methyl sites for hydroxylation is 1. The van der Waals surface area contributed by atoms with E-state index < -0.39 is 11.8 Å². The molecule has 2 amide bonds. The van der Waals surface area contributed by atoms with Crippen molar-refractivity contribution in [2.75, 3.05) is 10.6 Å². The topological polar surface area (TPSA) is 41.1 Å². The van der Waals surface area contributed by atoms with Crippen LogP contribution in [0.5, 0.6) is 0 Å². The lowest BCUT2D eigenvalue weighted by atomic mass is 10.2. The summed E-state index contributed by atoms with van der Waals surface area (Å²) in [5, 5.41) is 5.36. The standard InChI is InChI=1S/C14H11BrClFN2O/c1-8-2-4-10(5-3-8)18-14(20)19-13-11(15)6-9(17)7-12(13)16/h2-7H,1H3,(H2,18,19,20). The van der Waals surface area contributed by atoms with Gasteiger partial charge in [0.05, 0.1) is 10.7 Å². The zero-order chi connectivity index (χ0) is 14.7. The summed E-state index contributed by atoms with van der Waals surface area (Å²) in [6, 6.07) is 9.25. The number of rotatable bonds is 2. The molecule has 0 radical (unpaired) electrons. The quantitative estimate of drug-likeness (QED) is 0.762. The molecule has 0 aliphatic rings. The number of carbonyl (C=O) groups excluding carboxylic acids is 1.